The lowest BCUT2D eigenvalue weighted by Crippen LogP contribution is -2.47. The van der Waals surface area contributed by atoms with Gasteiger partial charge in [0.15, 0.2) is 0 Å². The molecule has 10 nitrogen and oxygen atoms in total. The summed E-state index contributed by atoms with van der Waals surface area (Å²) in [6.07, 6.45) is 3.53. The van der Waals surface area contributed by atoms with Crippen molar-refractivity contribution in [1.82, 2.24) is 14.7 Å². The summed E-state index contributed by atoms with van der Waals surface area (Å²) in [4.78, 5) is 17.8. The maximum absolute atomic E-state index is 13.1. The van der Waals surface area contributed by atoms with E-state index in [4.69, 9.17) is 21.1 Å². The van der Waals surface area contributed by atoms with E-state index in [1.54, 1.807) is 43.3 Å². The standard InChI is InChI=1S/C29H35ClN6O3.H2O/c1-21-27(20-32-36(21)26-7-4-23(30)5-8-26)29(37)33-24-6-9-28(22(18-24)19-31)35-12-10-25(11-13-35)34(14-16-38-2)15-17-39-3;/h4-9,18,20,25H,10-17H2,1-3H3,(H,33,37);1H2. The SMILES string of the molecule is COCCN(CCOC)C1CCN(c2ccc(NC(=O)c3cnn(-c4ccc(Cl)cc4)c3C)cc2C#N)CC1.O. The molecule has 1 aromatic heterocycles. The van der Waals surface area contributed by atoms with Crippen molar-refractivity contribution in [3.05, 3.63) is 70.5 Å². The molecule has 2 aromatic carbocycles. The average molecular weight is 569 g/mol. The van der Waals surface area contributed by atoms with E-state index in [1.807, 2.05) is 31.2 Å². The van der Waals surface area contributed by atoms with E-state index in [9.17, 15) is 10.1 Å². The Morgan fingerprint density at radius 3 is 2.38 bits per heavy atom. The molecule has 0 saturated carbocycles. The minimum absolute atomic E-state index is 0. The third kappa shape index (κ3) is 7.38. The zero-order chi connectivity index (χ0) is 27.8. The molecule has 1 fully saturated rings. The van der Waals surface area contributed by atoms with E-state index in [0.717, 1.165) is 50.4 Å². The number of methoxy groups -OCH3 is 2. The highest BCUT2D eigenvalue weighted by Gasteiger charge is 2.26. The van der Waals surface area contributed by atoms with Crippen LogP contribution in [0.1, 0.15) is 34.5 Å². The third-order valence-electron chi connectivity index (χ3n) is 7.19. The number of carbonyl (C=O) groups is 1. The number of nitrogens with one attached hydrogen (secondary N) is 1. The first-order chi connectivity index (χ1) is 18.9. The molecule has 0 aliphatic carbocycles. The third-order valence-corrected chi connectivity index (χ3v) is 7.44. The first kappa shape index (κ1) is 31.1. The summed E-state index contributed by atoms with van der Waals surface area (Å²) in [5, 5.41) is 17.8. The van der Waals surface area contributed by atoms with E-state index >= 15 is 0 Å². The Morgan fingerprint density at radius 1 is 1.12 bits per heavy atom. The number of amides is 1. The van der Waals surface area contributed by atoms with Gasteiger partial charge < -0.3 is 25.2 Å². The van der Waals surface area contributed by atoms with Crippen molar-refractivity contribution in [3.63, 3.8) is 0 Å². The zero-order valence-electron chi connectivity index (χ0n) is 23.2. The van der Waals surface area contributed by atoms with Crippen LogP contribution in [0.25, 0.3) is 5.69 Å². The quantitative estimate of drug-likeness (QED) is 0.373. The number of carbonyl (C=O) groups excluding carboxylic acids is 1. The van der Waals surface area contributed by atoms with Crippen LogP contribution >= 0.6 is 11.6 Å². The van der Waals surface area contributed by atoms with Gasteiger partial charge in [0.25, 0.3) is 5.91 Å². The Kier molecular flexibility index (Phi) is 11.5. The number of benzene rings is 2. The molecule has 1 amide bonds. The van der Waals surface area contributed by atoms with Gasteiger partial charge in [0, 0.05) is 57.2 Å². The highest BCUT2D eigenvalue weighted by molar-refractivity contribution is 6.30. The van der Waals surface area contributed by atoms with Crippen LogP contribution in [0, 0.1) is 18.3 Å². The van der Waals surface area contributed by atoms with Crippen LogP contribution in [-0.2, 0) is 9.47 Å². The Bertz CT molecular complexity index is 1290. The van der Waals surface area contributed by atoms with Crippen molar-refractivity contribution in [2.45, 2.75) is 25.8 Å². The normalized spacial score (nSPS) is 13.7. The van der Waals surface area contributed by atoms with Crippen LogP contribution < -0.4 is 10.2 Å². The molecule has 0 radical (unpaired) electrons. The molecule has 11 heteroatoms. The van der Waals surface area contributed by atoms with Crippen molar-refractivity contribution in [3.8, 4) is 11.8 Å². The molecule has 3 N–H and O–H groups in total. The van der Waals surface area contributed by atoms with Gasteiger partial charge in [-0.25, -0.2) is 4.68 Å². The van der Waals surface area contributed by atoms with Gasteiger partial charge in [-0.05, 0) is 62.2 Å². The van der Waals surface area contributed by atoms with Crippen LogP contribution in [0.5, 0.6) is 0 Å². The summed E-state index contributed by atoms with van der Waals surface area (Å²) in [6.45, 7) is 6.68. The summed E-state index contributed by atoms with van der Waals surface area (Å²) >= 11 is 5.99. The lowest BCUT2D eigenvalue weighted by molar-refractivity contribution is 0.0787. The molecule has 0 bridgehead atoms. The minimum atomic E-state index is -0.280. The van der Waals surface area contributed by atoms with Gasteiger partial charge in [-0.1, -0.05) is 11.6 Å². The summed E-state index contributed by atoms with van der Waals surface area (Å²) in [5.41, 5.74) is 3.98. The Hall–Kier alpha value is -3.46. The lowest BCUT2D eigenvalue weighted by atomic mass is 10.0. The average Bonchev–Trinajstić information content (AvgIpc) is 3.35. The van der Waals surface area contributed by atoms with E-state index in [-0.39, 0.29) is 11.4 Å². The fourth-order valence-corrected chi connectivity index (χ4v) is 5.14. The zero-order valence-corrected chi connectivity index (χ0v) is 23.9. The van der Waals surface area contributed by atoms with E-state index in [1.165, 1.54) is 0 Å². The molecule has 3 aromatic rings. The Balaban J connectivity index is 0.00000441. The molecule has 0 unspecified atom stereocenters. The maximum Gasteiger partial charge on any atom is 0.259 e. The first-order valence-corrected chi connectivity index (χ1v) is 13.5. The Labute approximate surface area is 240 Å². The second kappa shape index (κ2) is 14.8. The molecule has 1 aliphatic rings. The topological polar surface area (TPSA) is 127 Å². The smallest absolute Gasteiger partial charge is 0.259 e. The summed E-state index contributed by atoms with van der Waals surface area (Å²) < 4.78 is 12.3. The molecule has 0 spiro atoms. The number of nitriles is 1. The number of halogens is 1. The fourth-order valence-electron chi connectivity index (χ4n) is 5.02. The number of ether oxygens (including phenoxy) is 2. The first-order valence-electron chi connectivity index (χ1n) is 13.1. The molecule has 40 heavy (non-hydrogen) atoms. The van der Waals surface area contributed by atoms with Gasteiger partial charge in [0.2, 0.25) is 0 Å². The molecule has 214 valence electrons. The molecular weight excluding hydrogens is 532 g/mol. The number of hydrogen-bond acceptors (Lipinski definition) is 7. The molecule has 1 saturated heterocycles. The fraction of sp³-hybridized carbons (Fsp3) is 0.414. The van der Waals surface area contributed by atoms with E-state index < -0.39 is 0 Å². The van der Waals surface area contributed by atoms with Gasteiger partial charge in [-0.2, -0.15) is 10.4 Å². The van der Waals surface area contributed by atoms with Gasteiger partial charge in [-0.3, -0.25) is 9.69 Å². The second-order valence-electron chi connectivity index (χ2n) is 9.57. The van der Waals surface area contributed by atoms with Crippen molar-refractivity contribution < 1.29 is 19.7 Å². The summed E-state index contributed by atoms with van der Waals surface area (Å²) in [7, 11) is 3.45. The number of rotatable bonds is 11. The van der Waals surface area contributed by atoms with Gasteiger partial charge in [0.1, 0.15) is 6.07 Å². The van der Waals surface area contributed by atoms with E-state index in [0.29, 0.717) is 46.8 Å². The van der Waals surface area contributed by atoms with Crippen molar-refractivity contribution in [1.29, 1.82) is 5.26 Å². The van der Waals surface area contributed by atoms with Crippen molar-refractivity contribution in [2.24, 2.45) is 0 Å². The molecule has 2 heterocycles. The predicted octanol–water partition coefficient (Wildman–Crippen LogP) is 3.70. The molecule has 0 atom stereocenters. The van der Waals surface area contributed by atoms with Crippen LogP contribution in [0.2, 0.25) is 5.02 Å². The van der Waals surface area contributed by atoms with Crippen LogP contribution in [0.3, 0.4) is 0 Å². The number of hydrogen-bond donors (Lipinski definition) is 1. The second-order valence-corrected chi connectivity index (χ2v) is 10.0. The summed E-state index contributed by atoms with van der Waals surface area (Å²) in [5.74, 6) is -0.280. The lowest BCUT2D eigenvalue weighted by Gasteiger charge is -2.39. The van der Waals surface area contributed by atoms with Crippen molar-refractivity contribution >= 4 is 28.9 Å². The van der Waals surface area contributed by atoms with Gasteiger partial charge >= 0.3 is 0 Å². The predicted molar refractivity (Wildman–Crippen MR) is 157 cm³/mol. The van der Waals surface area contributed by atoms with Gasteiger partial charge in [-0.15, -0.1) is 0 Å². The van der Waals surface area contributed by atoms with Gasteiger partial charge in [0.05, 0.1) is 47.6 Å². The monoisotopic (exact) mass is 568 g/mol. The molecule has 1 aliphatic heterocycles. The highest BCUT2D eigenvalue weighted by atomic mass is 35.5. The number of piperidine rings is 1. The number of aromatic nitrogens is 2. The summed E-state index contributed by atoms with van der Waals surface area (Å²) in [6, 6.07) is 15.5. The number of anilines is 2. The van der Waals surface area contributed by atoms with E-state index in [2.05, 4.69) is 26.3 Å². The van der Waals surface area contributed by atoms with Crippen LogP contribution in [-0.4, -0.2) is 85.7 Å². The maximum atomic E-state index is 13.1. The minimum Gasteiger partial charge on any atom is -0.412 e. The van der Waals surface area contributed by atoms with Crippen LogP contribution in [0.15, 0.2) is 48.7 Å². The van der Waals surface area contributed by atoms with Crippen LogP contribution in [0.4, 0.5) is 11.4 Å². The molecular formula is C29H37ClN6O4. The Morgan fingerprint density at radius 2 is 1.77 bits per heavy atom. The molecule has 4 rings (SSSR count). The number of nitrogens with zero attached hydrogens (tertiary/aromatic N) is 5. The highest BCUT2D eigenvalue weighted by Crippen LogP contribution is 2.28. The largest absolute Gasteiger partial charge is 0.412 e. The van der Waals surface area contributed by atoms with Crippen molar-refractivity contribution in [2.75, 3.05) is 63.8 Å².